The Hall–Kier alpha value is -3.21. The van der Waals surface area contributed by atoms with Crippen molar-refractivity contribution in [2.75, 3.05) is 13.7 Å². The van der Waals surface area contributed by atoms with Crippen LogP contribution in [-0.4, -0.2) is 25.6 Å². The third-order valence-corrected chi connectivity index (χ3v) is 3.63. The molecule has 2 rings (SSSR count). The predicted octanol–water partition coefficient (Wildman–Crippen LogP) is 0.530. The van der Waals surface area contributed by atoms with E-state index in [2.05, 4.69) is 0 Å². The molecule has 0 aliphatic carbocycles. The number of hydrogen-bond acceptors (Lipinski definition) is 7. The molecule has 0 saturated heterocycles. The predicted molar refractivity (Wildman–Crippen MR) is 82.5 cm³/mol. The van der Waals surface area contributed by atoms with E-state index >= 15 is 0 Å². The maximum atomic E-state index is 12.3. The molecule has 126 valence electrons. The number of nitriles is 1. The molecule has 0 spiro atoms. The third kappa shape index (κ3) is 2.84. The summed E-state index contributed by atoms with van der Waals surface area (Å²) in [5.74, 6) is -3.65. The Labute approximate surface area is 138 Å². The van der Waals surface area contributed by atoms with Gasteiger partial charge in [0.05, 0.1) is 25.7 Å². The third-order valence-electron chi connectivity index (χ3n) is 3.63. The zero-order valence-electron chi connectivity index (χ0n) is 13.2. The zero-order chi connectivity index (χ0) is 17.9. The summed E-state index contributed by atoms with van der Waals surface area (Å²) in [7, 11) is 1.44. The number of hydrogen-bond donors (Lipinski definition) is 2. The molecule has 8 nitrogen and oxygen atoms in total. The highest BCUT2D eigenvalue weighted by Gasteiger charge is 2.42. The molecule has 1 aliphatic heterocycles. The summed E-state index contributed by atoms with van der Waals surface area (Å²) in [5.41, 5.74) is 11.5. The highest BCUT2D eigenvalue weighted by atomic mass is 16.5. The molecule has 1 aromatic rings. The summed E-state index contributed by atoms with van der Waals surface area (Å²) < 4.78 is 15.7. The van der Waals surface area contributed by atoms with Gasteiger partial charge in [-0.3, -0.25) is 4.79 Å². The van der Waals surface area contributed by atoms with Crippen LogP contribution in [0.3, 0.4) is 0 Å². The van der Waals surface area contributed by atoms with Gasteiger partial charge < -0.3 is 25.7 Å². The summed E-state index contributed by atoms with van der Waals surface area (Å²) in [4.78, 5) is 24.0. The lowest BCUT2D eigenvalue weighted by molar-refractivity contribution is -0.139. The minimum absolute atomic E-state index is 0.0983. The van der Waals surface area contributed by atoms with Gasteiger partial charge in [0, 0.05) is 5.56 Å². The number of ether oxygens (including phenoxy) is 3. The Bertz CT molecular complexity index is 751. The van der Waals surface area contributed by atoms with Gasteiger partial charge in [-0.2, -0.15) is 5.26 Å². The van der Waals surface area contributed by atoms with Gasteiger partial charge in [-0.15, -0.1) is 0 Å². The van der Waals surface area contributed by atoms with Crippen LogP contribution in [0.25, 0.3) is 0 Å². The summed E-state index contributed by atoms with van der Waals surface area (Å²) in [6, 6.07) is 6.72. The quantitative estimate of drug-likeness (QED) is 0.750. The summed E-state index contributed by atoms with van der Waals surface area (Å²) in [5, 5.41) is 9.38. The molecule has 1 aliphatic rings. The summed E-state index contributed by atoms with van der Waals surface area (Å²) in [6.45, 7) is 1.72. The highest BCUT2D eigenvalue weighted by molar-refractivity contribution is 5.94. The maximum absolute atomic E-state index is 12.3. The first kappa shape index (κ1) is 17.1. The number of benzene rings is 1. The van der Waals surface area contributed by atoms with Gasteiger partial charge in [0.1, 0.15) is 11.5 Å². The molecule has 0 fully saturated rings. The number of amides is 1. The lowest BCUT2D eigenvalue weighted by atomic mass is 9.79. The van der Waals surface area contributed by atoms with Crippen LogP contribution in [0, 0.1) is 17.2 Å². The van der Waals surface area contributed by atoms with E-state index in [1.165, 1.54) is 7.11 Å². The second kappa shape index (κ2) is 6.91. The smallest absolute Gasteiger partial charge is 0.340 e. The molecule has 1 amide bonds. The number of fused-ring (bicyclic) bond motifs is 1. The van der Waals surface area contributed by atoms with Crippen LogP contribution in [0.5, 0.6) is 11.5 Å². The molecule has 1 heterocycles. The Morgan fingerprint density at radius 3 is 2.71 bits per heavy atom. The number of methoxy groups -OCH3 is 1. The number of esters is 1. The topological polar surface area (TPSA) is 138 Å². The molecule has 2 atom stereocenters. The molecule has 0 saturated carbocycles. The molecule has 1 aromatic carbocycles. The molecule has 0 bridgehead atoms. The van der Waals surface area contributed by atoms with Gasteiger partial charge in [-0.05, 0) is 13.0 Å². The normalized spacial score (nSPS) is 17.1. The van der Waals surface area contributed by atoms with Gasteiger partial charge in [-0.25, -0.2) is 4.79 Å². The summed E-state index contributed by atoms with van der Waals surface area (Å²) >= 11 is 0. The molecule has 8 heteroatoms. The number of primary amides is 1. The van der Waals surface area contributed by atoms with Gasteiger partial charge in [0.2, 0.25) is 11.8 Å². The van der Waals surface area contributed by atoms with E-state index in [0.717, 1.165) is 0 Å². The molecule has 4 N–H and O–H groups in total. The number of rotatable bonds is 5. The van der Waals surface area contributed by atoms with E-state index in [0.29, 0.717) is 11.3 Å². The SMILES string of the molecule is CCOC(=O)C1=C(N)Oc2c(OC)cccc2C1C(C#N)C(N)=O. The fraction of sp³-hybridized carbons (Fsp3) is 0.312. The van der Waals surface area contributed by atoms with Crippen LogP contribution in [0.4, 0.5) is 0 Å². The number of nitrogens with zero attached hydrogens (tertiary/aromatic N) is 1. The van der Waals surface area contributed by atoms with Gasteiger partial charge >= 0.3 is 5.97 Å². The van der Waals surface area contributed by atoms with Crippen LogP contribution in [-0.2, 0) is 14.3 Å². The van der Waals surface area contributed by atoms with Crippen molar-refractivity contribution in [3.05, 3.63) is 35.2 Å². The fourth-order valence-corrected chi connectivity index (χ4v) is 2.61. The van der Waals surface area contributed by atoms with Crippen LogP contribution < -0.4 is 20.9 Å². The monoisotopic (exact) mass is 331 g/mol. The molecule has 0 radical (unpaired) electrons. The fourth-order valence-electron chi connectivity index (χ4n) is 2.61. The molecule has 0 aromatic heterocycles. The Kier molecular flexibility index (Phi) is 4.94. The van der Waals surface area contributed by atoms with Crippen molar-refractivity contribution in [2.45, 2.75) is 12.8 Å². The molecule has 24 heavy (non-hydrogen) atoms. The van der Waals surface area contributed by atoms with Crippen LogP contribution in [0.2, 0.25) is 0 Å². The van der Waals surface area contributed by atoms with Gasteiger partial charge in [0.25, 0.3) is 0 Å². The standard InChI is InChI=1S/C16H17N3O5/c1-3-23-16(21)12-11(9(7-17)14(18)20)8-5-4-6-10(22-2)13(8)24-15(12)19/h4-6,9,11H,3,19H2,1-2H3,(H2,18,20). The van der Waals surface area contributed by atoms with Crippen molar-refractivity contribution in [3.63, 3.8) is 0 Å². The van der Waals surface area contributed by atoms with Crippen LogP contribution in [0.1, 0.15) is 18.4 Å². The number of para-hydroxylation sites is 1. The van der Waals surface area contributed by atoms with Crippen molar-refractivity contribution >= 4 is 11.9 Å². The van der Waals surface area contributed by atoms with Gasteiger partial charge in [0.15, 0.2) is 11.5 Å². The van der Waals surface area contributed by atoms with E-state index < -0.39 is 23.7 Å². The molecule has 2 unspecified atom stereocenters. The van der Waals surface area contributed by atoms with Crippen molar-refractivity contribution in [2.24, 2.45) is 17.4 Å². The average molecular weight is 331 g/mol. The van der Waals surface area contributed by atoms with Gasteiger partial charge in [-0.1, -0.05) is 12.1 Å². The number of carbonyl (C=O) groups excluding carboxylic acids is 2. The van der Waals surface area contributed by atoms with Crippen molar-refractivity contribution in [1.82, 2.24) is 0 Å². The first-order valence-corrected chi connectivity index (χ1v) is 7.16. The largest absolute Gasteiger partial charge is 0.493 e. The number of nitrogens with two attached hydrogens (primary N) is 2. The van der Waals surface area contributed by atoms with Crippen molar-refractivity contribution in [3.8, 4) is 17.6 Å². The number of carbonyl (C=O) groups is 2. The van der Waals surface area contributed by atoms with E-state index in [9.17, 15) is 14.9 Å². The Morgan fingerprint density at radius 1 is 1.46 bits per heavy atom. The van der Waals surface area contributed by atoms with E-state index in [4.69, 9.17) is 25.7 Å². The lowest BCUT2D eigenvalue weighted by Crippen LogP contribution is -2.35. The van der Waals surface area contributed by atoms with E-state index in [1.807, 2.05) is 6.07 Å². The van der Waals surface area contributed by atoms with Crippen molar-refractivity contribution < 1.29 is 23.8 Å². The van der Waals surface area contributed by atoms with E-state index in [1.54, 1.807) is 25.1 Å². The average Bonchev–Trinajstić information content (AvgIpc) is 2.54. The van der Waals surface area contributed by atoms with Crippen LogP contribution in [0.15, 0.2) is 29.7 Å². The van der Waals surface area contributed by atoms with Crippen LogP contribution >= 0.6 is 0 Å². The lowest BCUT2D eigenvalue weighted by Gasteiger charge is -2.30. The summed E-state index contributed by atoms with van der Waals surface area (Å²) in [6.07, 6.45) is 0. The second-order valence-corrected chi connectivity index (χ2v) is 4.97. The first-order valence-electron chi connectivity index (χ1n) is 7.16. The Balaban J connectivity index is 2.69. The first-order chi connectivity index (χ1) is 11.5. The highest BCUT2D eigenvalue weighted by Crippen LogP contribution is 2.46. The minimum Gasteiger partial charge on any atom is -0.493 e. The second-order valence-electron chi connectivity index (χ2n) is 4.97. The maximum Gasteiger partial charge on any atom is 0.340 e. The Morgan fingerprint density at radius 2 is 2.17 bits per heavy atom. The minimum atomic E-state index is -1.32. The van der Waals surface area contributed by atoms with Crippen molar-refractivity contribution in [1.29, 1.82) is 5.26 Å². The van der Waals surface area contributed by atoms with E-state index in [-0.39, 0.29) is 23.8 Å². The molecular formula is C16H17N3O5. The zero-order valence-corrected chi connectivity index (χ0v) is 13.2. The molecular weight excluding hydrogens is 314 g/mol.